The molecule has 0 heterocycles. The SMILES string of the molecule is CC.CC(O)CCC(C)CC(=O)O. The summed E-state index contributed by atoms with van der Waals surface area (Å²) in [5.41, 5.74) is 0. The van der Waals surface area contributed by atoms with E-state index in [2.05, 4.69) is 0 Å². The van der Waals surface area contributed by atoms with E-state index >= 15 is 0 Å². The predicted octanol–water partition coefficient (Wildman–Crippen LogP) is 2.28. The first-order valence-corrected chi connectivity index (χ1v) is 4.92. The molecule has 0 aliphatic carbocycles. The summed E-state index contributed by atoms with van der Waals surface area (Å²) in [6.07, 6.45) is 1.36. The molecule has 3 heteroatoms. The van der Waals surface area contributed by atoms with E-state index in [1.807, 2.05) is 20.8 Å². The predicted molar refractivity (Wildman–Crippen MR) is 53.7 cm³/mol. The molecule has 0 aliphatic heterocycles. The van der Waals surface area contributed by atoms with Crippen molar-refractivity contribution in [1.29, 1.82) is 0 Å². The van der Waals surface area contributed by atoms with Gasteiger partial charge in [-0.15, -0.1) is 0 Å². The third-order valence-corrected chi connectivity index (χ3v) is 1.60. The van der Waals surface area contributed by atoms with Gasteiger partial charge in [-0.1, -0.05) is 20.8 Å². The number of rotatable bonds is 5. The van der Waals surface area contributed by atoms with Crippen LogP contribution in [0.1, 0.15) is 47.0 Å². The minimum Gasteiger partial charge on any atom is -0.481 e. The van der Waals surface area contributed by atoms with Crippen molar-refractivity contribution in [3.8, 4) is 0 Å². The molecule has 2 atom stereocenters. The quantitative estimate of drug-likeness (QED) is 0.699. The number of aliphatic hydroxyl groups excluding tert-OH is 1. The summed E-state index contributed by atoms with van der Waals surface area (Å²) < 4.78 is 0. The van der Waals surface area contributed by atoms with Crippen LogP contribution in [-0.4, -0.2) is 22.3 Å². The van der Waals surface area contributed by atoms with Crippen molar-refractivity contribution in [3.05, 3.63) is 0 Å². The maximum atomic E-state index is 10.2. The van der Waals surface area contributed by atoms with Crippen LogP contribution in [0.25, 0.3) is 0 Å². The highest BCUT2D eigenvalue weighted by atomic mass is 16.4. The number of aliphatic carboxylic acids is 1. The Morgan fingerprint density at radius 1 is 1.23 bits per heavy atom. The molecule has 0 spiro atoms. The molecule has 13 heavy (non-hydrogen) atoms. The van der Waals surface area contributed by atoms with Crippen molar-refractivity contribution in [2.24, 2.45) is 5.92 Å². The van der Waals surface area contributed by atoms with E-state index in [-0.39, 0.29) is 18.4 Å². The minimum atomic E-state index is -0.761. The minimum absolute atomic E-state index is 0.169. The van der Waals surface area contributed by atoms with Gasteiger partial charge in [0.05, 0.1) is 6.10 Å². The summed E-state index contributed by atoms with van der Waals surface area (Å²) in [6, 6.07) is 0. The molecule has 0 radical (unpaired) electrons. The van der Waals surface area contributed by atoms with E-state index in [1.54, 1.807) is 6.92 Å². The lowest BCUT2D eigenvalue weighted by atomic mass is 10.0. The number of hydrogen-bond donors (Lipinski definition) is 2. The average Bonchev–Trinajstić information content (AvgIpc) is 2.03. The van der Waals surface area contributed by atoms with Gasteiger partial charge in [0, 0.05) is 6.42 Å². The van der Waals surface area contributed by atoms with Crippen LogP contribution < -0.4 is 0 Å². The maximum Gasteiger partial charge on any atom is 0.303 e. The fraction of sp³-hybridized carbons (Fsp3) is 0.900. The van der Waals surface area contributed by atoms with Crippen LogP contribution in [0, 0.1) is 5.92 Å². The monoisotopic (exact) mass is 190 g/mol. The van der Waals surface area contributed by atoms with E-state index in [0.29, 0.717) is 6.42 Å². The van der Waals surface area contributed by atoms with Crippen molar-refractivity contribution in [2.75, 3.05) is 0 Å². The lowest BCUT2D eigenvalue weighted by Gasteiger charge is -2.09. The fourth-order valence-electron chi connectivity index (χ4n) is 0.926. The molecule has 0 amide bonds. The summed E-state index contributed by atoms with van der Waals surface area (Å²) in [7, 11) is 0. The Morgan fingerprint density at radius 3 is 2.00 bits per heavy atom. The van der Waals surface area contributed by atoms with Crippen LogP contribution in [-0.2, 0) is 4.79 Å². The standard InChI is InChI=1S/C8H16O3.C2H6/c1-6(5-8(10)11)3-4-7(2)9;1-2/h6-7,9H,3-5H2,1-2H3,(H,10,11);1-2H3. The second-order valence-corrected chi connectivity index (χ2v) is 3.13. The molecular weight excluding hydrogens is 168 g/mol. The normalized spacial score (nSPS) is 13.9. The summed E-state index contributed by atoms with van der Waals surface area (Å²) >= 11 is 0. The largest absolute Gasteiger partial charge is 0.481 e. The molecular formula is C10H22O3. The first-order chi connectivity index (χ1) is 6.02. The zero-order chi connectivity index (χ0) is 10.9. The van der Waals surface area contributed by atoms with Crippen molar-refractivity contribution in [2.45, 2.75) is 53.1 Å². The van der Waals surface area contributed by atoms with E-state index in [0.717, 1.165) is 6.42 Å². The second-order valence-electron chi connectivity index (χ2n) is 3.13. The Hall–Kier alpha value is -0.570. The number of carboxylic acids is 1. The van der Waals surface area contributed by atoms with Gasteiger partial charge in [-0.05, 0) is 25.7 Å². The maximum absolute atomic E-state index is 10.2. The first-order valence-electron chi connectivity index (χ1n) is 4.92. The van der Waals surface area contributed by atoms with Crippen molar-refractivity contribution < 1.29 is 15.0 Å². The molecule has 80 valence electrons. The number of aliphatic hydroxyl groups is 1. The topological polar surface area (TPSA) is 57.5 Å². The summed E-state index contributed by atoms with van der Waals surface area (Å²) in [4.78, 5) is 10.2. The van der Waals surface area contributed by atoms with Crippen LogP contribution in [0.4, 0.5) is 0 Å². The summed E-state index contributed by atoms with van der Waals surface area (Å²) in [6.45, 7) is 7.60. The molecule has 0 saturated carbocycles. The molecule has 0 rings (SSSR count). The van der Waals surface area contributed by atoms with Gasteiger partial charge in [0.25, 0.3) is 0 Å². The first kappa shape index (κ1) is 14.9. The third kappa shape index (κ3) is 14.3. The number of carbonyl (C=O) groups is 1. The van der Waals surface area contributed by atoms with Crippen LogP contribution >= 0.6 is 0 Å². The second kappa shape index (κ2) is 9.52. The van der Waals surface area contributed by atoms with Gasteiger partial charge in [-0.25, -0.2) is 0 Å². The van der Waals surface area contributed by atoms with Gasteiger partial charge < -0.3 is 10.2 Å². The third-order valence-electron chi connectivity index (χ3n) is 1.60. The van der Waals surface area contributed by atoms with Crippen molar-refractivity contribution in [1.82, 2.24) is 0 Å². The smallest absolute Gasteiger partial charge is 0.303 e. The van der Waals surface area contributed by atoms with Crippen molar-refractivity contribution in [3.63, 3.8) is 0 Å². The molecule has 0 saturated heterocycles. The van der Waals surface area contributed by atoms with E-state index in [9.17, 15) is 4.79 Å². The van der Waals surface area contributed by atoms with E-state index < -0.39 is 5.97 Å². The highest BCUT2D eigenvalue weighted by Crippen LogP contribution is 2.11. The van der Waals surface area contributed by atoms with Gasteiger partial charge in [0.15, 0.2) is 0 Å². The molecule has 0 fully saturated rings. The zero-order valence-electron chi connectivity index (χ0n) is 9.08. The van der Waals surface area contributed by atoms with Gasteiger partial charge in [0.2, 0.25) is 0 Å². The lowest BCUT2D eigenvalue weighted by molar-refractivity contribution is -0.138. The highest BCUT2D eigenvalue weighted by Gasteiger charge is 2.08. The summed E-state index contributed by atoms with van der Waals surface area (Å²) in [5, 5.41) is 17.3. The Morgan fingerprint density at radius 2 is 1.69 bits per heavy atom. The molecule has 0 bridgehead atoms. The average molecular weight is 190 g/mol. The van der Waals surface area contributed by atoms with Gasteiger partial charge in [-0.2, -0.15) is 0 Å². The summed E-state index contributed by atoms with van der Waals surface area (Å²) in [5.74, 6) is -0.592. The van der Waals surface area contributed by atoms with Crippen LogP contribution in [0.2, 0.25) is 0 Å². The molecule has 0 aliphatic rings. The Balaban J connectivity index is 0. The van der Waals surface area contributed by atoms with Crippen molar-refractivity contribution >= 4 is 5.97 Å². The Kier molecular flexibility index (Phi) is 10.9. The number of carboxylic acid groups (broad SMARTS) is 1. The van der Waals surface area contributed by atoms with E-state index in [4.69, 9.17) is 10.2 Å². The van der Waals surface area contributed by atoms with E-state index in [1.165, 1.54) is 0 Å². The molecule has 3 nitrogen and oxygen atoms in total. The van der Waals surface area contributed by atoms with Gasteiger partial charge >= 0.3 is 5.97 Å². The van der Waals surface area contributed by atoms with Crippen LogP contribution in [0.5, 0.6) is 0 Å². The van der Waals surface area contributed by atoms with Gasteiger partial charge in [0.1, 0.15) is 0 Å². The molecule has 0 aromatic rings. The van der Waals surface area contributed by atoms with Gasteiger partial charge in [-0.3, -0.25) is 4.79 Å². The fourth-order valence-corrected chi connectivity index (χ4v) is 0.926. The van der Waals surface area contributed by atoms with Crippen LogP contribution in [0.3, 0.4) is 0 Å². The molecule has 2 N–H and O–H groups in total. The molecule has 0 aromatic carbocycles. The highest BCUT2D eigenvalue weighted by molar-refractivity contribution is 5.66. The lowest BCUT2D eigenvalue weighted by Crippen LogP contribution is -2.07. The Labute approximate surface area is 80.8 Å². The number of hydrogen-bond acceptors (Lipinski definition) is 2. The Bertz CT molecular complexity index is 121. The molecule has 0 aromatic heterocycles. The van der Waals surface area contributed by atoms with Crippen LogP contribution in [0.15, 0.2) is 0 Å². The zero-order valence-corrected chi connectivity index (χ0v) is 9.08. The molecule has 2 unspecified atom stereocenters.